The van der Waals surface area contributed by atoms with Gasteiger partial charge in [0.15, 0.2) is 0 Å². The first-order valence-electron chi connectivity index (χ1n) is 9.60. The topological polar surface area (TPSA) is 93.2 Å². The van der Waals surface area contributed by atoms with E-state index in [1.807, 2.05) is 48.9 Å². The molecule has 0 fully saturated rings. The third-order valence-corrected chi connectivity index (χ3v) is 5.54. The van der Waals surface area contributed by atoms with Gasteiger partial charge in [-0.1, -0.05) is 16.8 Å². The number of benzene rings is 2. The molecular formula is C22H18BrClN3NaO4. The number of aliphatic carboxylic acids is 1. The van der Waals surface area contributed by atoms with Crippen molar-refractivity contribution in [3.63, 3.8) is 0 Å². The average molecular weight is 527 g/mol. The monoisotopic (exact) mass is 525 g/mol. The van der Waals surface area contributed by atoms with Crippen LogP contribution >= 0.6 is 27.5 Å². The zero-order valence-corrected chi connectivity index (χ0v) is 22.1. The molecule has 2 aromatic heterocycles. The van der Waals surface area contributed by atoms with E-state index in [-0.39, 0.29) is 42.1 Å². The minimum Gasteiger partial charge on any atom is -0.550 e. The number of fused-ring (bicyclic) bond motifs is 1. The van der Waals surface area contributed by atoms with Gasteiger partial charge in [0, 0.05) is 51.6 Å². The van der Waals surface area contributed by atoms with E-state index in [1.54, 1.807) is 12.1 Å². The zero-order chi connectivity index (χ0) is 22.1. The number of halogens is 2. The molecule has 0 saturated carbocycles. The maximum Gasteiger partial charge on any atom is 1.00 e. The van der Waals surface area contributed by atoms with Crippen LogP contribution in [0.5, 0.6) is 5.75 Å². The minimum absolute atomic E-state index is 0. The van der Waals surface area contributed by atoms with Gasteiger partial charge in [-0.25, -0.2) is 0 Å². The molecule has 0 spiro atoms. The van der Waals surface area contributed by atoms with Crippen LogP contribution in [0.4, 0.5) is 0 Å². The van der Waals surface area contributed by atoms with Gasteiger partial charge in [-0.2, -0.15) is 4.98 Å². The van der Waals surface area contributed by atoms with Crippen molar-refractivity contribution >= 4 is 44.4 Å². The van der Waals surface area contributed by atoms with Crippen molar-refractivity contribution in [2.24, 2.45) is 0 Å². The second-order valence-electron chi connectivity index (χ2n) is 7.26. The predicted octanol–water partition coefficient (Wildman–Crippen LogP) is 1.71. The molecule has 0 radical (unpaired) electrons. The molecule has 10 heteroatoms. The van der Waals surface area contributed by atoms with Gasteiger partial charge >= 0.3 is 29.6 Å². The normalized spacial score (nSPS) is 11.0. The number of carboxylic acid groups (broad SMARTS) is 1. The van der Waals surface area contributed by atoms with Gasteiger partial charge in [0.25, 0.3) is 5.89 Å². The summed E-state index contributed by atoms with van der Waals surface area (Å²) in [6.07, 6.45) is 1.81. The molecule has 0 unspecified atom stereocenters. The van der Waals surface area contributed by atoms with Crippen LogP contribution in [0.1, 0.15) is 20.3 Å². The summed E-state index contributed by atoms with van der Waals surface area (Å²) in [5.74, 6) is 0.292. The van der Waals surface area contributed by atoms with Crippen LogP contribution < -0.4 is 39.4 Å². The molecule has 2 aromatic carbocycles. The maximum atomic E-state index is 10.8. The van der Waals surface area contributed by atoms with E-state index in [4.69, 9.17) is 20.9 Å². The smallest absolute Gasteiger partial charge is 0.550 e. The molecule has 0 aliphatic carbocycles. The van der Waals surface area contributed by atoms with E-state index >= 15 is 0 Å². The van der Waals surface area contributed by atoms with Crippen molar-refractivity contribution in [3.05, 3.63) is 52.1 Å². The second kappa shape index (κ2) is 10.4. The summed E-state index contributed by atoms with van der Waals surface area (Å²) in [6, 6.07) is 11.0. The molecule has 0 amide bonds. The van der Waals surface area contributed by atoms with E-state index in [9.17, 15) is 9.90 Å². The molecule has 0 aliphatic heterocycles. The van der Waals surface area contributed by atoms with Gasteiger partial charge in [0.1, 0.15) is 5.75 Å². The predicted molar refractivity (Wildman–Crippen MR) is 119 cm³/mol. The number of ether oxygens (including phenoxy) is 1. The number of aryl methyl sites for hydroxylation is 1. The first-order valence-corrected chi connectivity index (χ1v) is 10.8. The van der Waals surface area contributed by atoms with Crippen LogP contribution in [0.3, 0.4) is 0 Å². The van der Waals surface area contributed by atoms with Crippen LogP contribution in [0.2, 0.25) is 5.02 Å². The van der Waals surface area contributed by atoms with Crippen molar-refractivity contribution in [1.29, 1.82) is 0 Å². The molecule has 7 nitrogen and oxygen atoms in total. The van der Waals surface area contributed by atoms with Crippen molar-refractivity contribution in [2.45, 2.75) is 32.9 Å². The first kappa shape index (κ1) is 24.8. The fourth-order valence-electron chi connectivity index (χ4n) is 3.23. The number of hydrogen-bond donors (Lipinski definition) is 0. The van der Waals surface area contributed by atoms with Gasteiger partial charge in [-0.05, 0) is 66.2 Å². The second-order valence-corrected chi connectivity index (χ2v) is 8.52. The van der Waals surface area contributed by atoms with E-state index in [0.29, 0.717) is 34.6 Å². The molecule has 2 heterocycles. The van der Waals surface area contributed by atoms with Crippen LogP contribution in [-0.2, 0) is 11.3 Å². The van der Waals surface area contributed by atoms with Crippen molar-refractivity contribution < 1.29 is 48.7 Å². The molecule has 4 rings (SSSR count). The Kier molecular flexibility index (Phi) is 8.06. The zero-order valence-electron chi connectivity index (χ0n) is 17.8. The minimum atomic E-state index is -1.09. The van der Waals surface area contributed by atoms with Crippen LogP contribution in [0.25, 0.3) is 33.7 Å². The van der Waals surface area contributed by atoms with Crippen LogP contribution in [0.15, 0.2) is 51.6 Å². The number of aromatic nitrogens is 3. The molecule has 4 aromatic rings. The van der Waals surface area contributed by atoms with Gasteiger partial charge in [0.2, 0.25) is 5.82 Å². The number of carboxylic acids is 1. The van der Waals surface area contributed by atoms with Gasteiger partial charge in [0.05, 0.1) is 11.1 Å². The summed E-state index contributed by atoms with van der Waals surface area (Å²) in [6.45, 7) is 4.19. The molecule has 0 N–H and O–H groups in total. The third-order valence-electron chi connectivity index (χ3n) is 4.62. The maximum absolute atomic E-state index is 10.8. The molecule has 0 atom stereocenters. The van der Waals surface area contributed by atoms with Crippen molar-refractivity contribution in [2.75, 3.05) is 0 Å². The fraction of sp³-hybridized carbons (Fsp3) is 0.227. The van der Waals surface area contributed by atoms with Gasteiger partial charge < -0.3 is 23.7 Å². The Morgan fingerprint density at radius 2 is 2.00 bits per heavy atom. The Hall–Kier alpha value is -1.84. The van der Waals surface area contributed by atoms with Gasteiger partial charge in [-0.3, -0.25) is 0 Å². The van der Waals surface area contributed by atoms with Crippen molar-refractivity contribution in [3.8, 4) is 28.6 Å². The third kappa shape index (κ3) is 5.38. The fourth-order valence-corrected chi connectivity index (χ4v) is 4.02. The van der Waals surface area contributed by atoms with Gasteiger partial charge in [-0.15, -0.1) is 0 Å². The molecule has 0 bridgehead atoms. The SMILES string of the molecule is CC(C)Oc1ccc(-c2nc(-c3ccc4c(c3)c(Br)cn4CCC(=O)[O-])no2)cc1Cl.[Na+]. The first-order chi connectivity index (χ1) is 14.8. The molecule has 0 aliphatic rings. The summed E-state index contributed by atoms with van der Waals surface area (Å²) < 4.78 is 13.8. The van der Waals surface area contributed by atoms with E-state index in [2.05, 4.69) is 26.1 Å². The summed E-state index contributed by atoms with van der Waals surface area (Å²) in [5, 5.41) is 16.3. The Morgan fingerprint density at radius 1 is 1.25 bits per heavy atom. The Labute approximate surface area is 220 Å². The number of carbonyl (C=O) groups is 1. The summed E-state index contributed by atoms with van der Waals surface area (Å²) >= 11 is 9.84. The number of rotatable bonds is 7. The standard InChI is InChI=1S/C22H19BrClN3O4.Na/c1-12(2)30-19-6-4-14(10-17(19)24)22-25-21(26-31-22)13-3-5-18-15(9-13)16(23)11-27(18)8-7-20(28)29;/h3-6,9-12H,7-8H2,1-2H3,(H,28,29);/q;+1/p-1. The van der Waals surface area contributed by atoms with Crippen LogP contribution in [-0.4, -0.2) is 26.8 Å². The molecular weight excluding hydrogens is 509 g/mol. The Bertz CT molecular complexity index is 1270. The van der Waals surface area contributed by atoms with Crippen LogP contribution in [0, 0.1) is 0 Å². The molecule has 160 valence electrons. The van der Waals surface area contributed by atoms with Crippen molar-refractivity contribution in [1.82, 2.24) is 14.7 Å². The van der Waals surface area contributed by atoms with E-state index < -0.39 is 5.97 Å². The summed E-state index contributed by atoms with van der Waals surface area (Å²) in [4.78, 5) is 15.3. The number of nitrogens with zero attached hydrogens (tertiary/aromatic N) is 3. The largest absolute Gasteiger partial charge is 1.00 e. The summed E-state index contributed by atoms with van der Waals surface area (Å²) in [7, 11) is 0. The molecule has 0 saturated heterocycles. The molecule has 32 heavy (non-hydrogen) atoms. The quantitative estimate of drug-likeness (QED) is 0.341. The Morgan fingerprint density at radius 3 is 2.69 bits per heavy atom. The summed E-state index contributed by atoms with van der Waals surface area (Å²) in [5.41, 5.74) is 2.36. The number of hydrogen-bond acceptors (Lipinski definition) is 6. The van der Waals surface area contributed by atoms with E-state index in [0.717, 1.165) is 20.9 Å². The Balaban J connectivity index is 0.00000289. The average Bonchev–Trinajstić information content (AvgIpc) is 3.33. The van der Waals surface area contributed by atoms with E-state index in [1.165, 1.54) is 0 Å². The number of carbonyl (C=O) groups excluding carboxylic acids is 1.